The van der Waals surface area contributed by atoms with E-state index in [1.165, 1.54) is 6.20 Å². The minimum absolute atomic E-state index is 0.269. The highest BCUT2D eigenvalue weighted by molar-refractivity contribution is 7.89. The number of hydrogen-bond acceptors (Lipinski definition) is 6. The maximum Gasteiger partial charge on any atom is 0.244 e. The van der Waals surface area contributed by atoms with Crippen LogP contribution >= 0.6 is 11.3 Å². The van der Waals surface area contributed by atoms with Crippen LogP contribution in [0.15, 0.2) is 28.6 Å². The first kappa shape index (κ1) is 17.3. The molecule has 0 aliphatic carbocycles. The third-order valence-corrected chi connectivity index (χ3v) is 6.83. The minimum Gasteiger partial charge on any atom is -0.354 e. The van der Waals surface area contributed by atoms with Crippen LogP contribution < -0.4 is 4.90 Å². The van der Waals surface area contributed by atoms with Crippen LogP contribution in [-0.4, -0.2) is 42.8 Å². The van der Waals surface area contributed by atoms with Crippen molar-refractivity contribution in [1.29, 1.82) is 0 Å². The Balaban J connectivity index is 1.72. The van der Waals surface area contributed by atoms with E-state index in [4.69, 9.17) is 0 Å². The Morgan fingerprint density at radius 3 is 2.58 bits per heavy atom. The molecule has 0 unspecified atom stereocenters. The first-order valence-corrected chi connectivity index (χ1v) is 10.4. The Hall–Kier alpha value is -1.51. The Kier molecular flexibility index (Phi) is 5.17. The molecule has 8 heteroatoms. The number of rotatable bonds is 5. The second-order valence-corrected chi connectivity index (χ2v) is 9.03. The highest BCUT2D eigenvalue weighted by Crippen LogP contribution is 2.22. The van der Waals surface area contributed by atoms with Gasteiger partial charge in [0.1, 0.15) is 10.7 Å². The molecule has 1 aliphatic rings. The van der Waals surface area contributed by atoms with Crippen LogP contribution in [0, 0.1) is 6.92 Å². The summed E-state index contributed by atoms with van der Waals surface area (Å²) in [5.41, 5.74) is 0.992. The van der Waals surface area contributed by atoms with Gasteiger partial charge in [0.2, 0.25) is 10.0 Å². The molecule has 2 aromatic heterocycles. The van der Waals surface area contributed by atoms with Gasteiger partial charge in [-0.05, 0) is 31.9 Å². The third-order valence-electron chi connectivity index (χ3n) is 4.13. The summed E-state index contributed by atoms with van der Waals surface area (Å²) < 4.78 is 26.8. The van der Waals surface area contributed by atoms with Gasteiger partial charge in [-0.25, -0.2) is 18.4 Å². The van der Waals surface area contributed by atoms with Crippen LogP contribution in [0.1, 0.15) is 30.0 Å². The Morgan fingerprint density at radius 2 is 2.00 bits per heavy atom. The highest BCUT2D eigenvalue weighted by Gasteiger charge is 2.26. The molecule has 24 heavy (non-hydrogen) atoms. The number of aryl methyl sites for hydroxylation is 1. The first-order valence-electron chi connectivity index (χ1n) is 8.05. The quantitative estimate of drug-likeness (QED) is 0.814. The van der Waals surface area contributed by atoms with Crippen molar-refractivity contribution in [1.82, 2.24) is 14.3 Å². The van der Waals surface area contributed by atoms with Crippen LogP contribution in [-0.2, 0) is 16.6 Å². The van der Waals surface area contributed by atoms with Crippen molar-refractivity contribution in [3.05, 3.63) is 34.4 Å². The van der Waals surface area contributed by atoms with Crippen LogP contribution in [0.2, 0.25) is 0 Å². The van der Waals surface area contributed by atoms with Gasteiger partial charge in [0, 0.05) is 31.7 Å². The number of hydrogen-bond donors (Lipinski definition) is 0. The van der Waals surface area contributed by atoms with Crippen molar-refractivity contribution < 1.29 is 8.42 Å². The minimum atomic E-state index is -3.42. The lowest BCUT2D eigenvalue weighted by atomic mass is 10.2. The molecule has 0 atom stereocenters. The summed E-state index contributed by atoms with van der Waals surface area (Å²) in [6, 6.07) is 3.41. The van der Waals surface area contributed by atoms with Crippen molar-refractivity contribution >= 4 is 27.2 Å². The molecule has 1 saturated heterocycles. The maximum absolute atomic E-state index is 12.6. The summed E-state index contributed by atoms with van der Waals surface area (Å²) in [5.74, 6) is 0.734. The van der Waals surface area contributed by atoms with E-state index in [1.54, 1.807) is 27.8 Å². The SMILES string of the molecule is Cc1nc(CN(C)c2ccc(S(=O)(=O)N3CCCCC3)cn2)cs1. The summed E-state index contributed by atoms with van der Waals surface area (Å²) >= 11 is 1.62. The van der Waals surface area contributed by atoms with Crippen molar-refractivity contribution in [2.24, 2.45) is 0 Å². The number of sulfonamides is 1. The van der Waals surface area contributed by atoms with Gasteiger partial charge in [0.15, 0.2) is 0 Å². The van der Waals surface area contributed by atoms with E-state index in [2.05, 4.69) is 9.97 Å². The molecule has 3 rings (SSSR count). The molecule has 3 heterocycles. The monoisotopic (exact) mass is 366 g/mol. The smallest absolute Gasteiger partial charge is 0.244 e. The van der Waals surface area contributed by atoms with E-state index in [0.29, 0.717) is 19.6 Å². The molecule has 0 saturated carbocycles. The van der Waals surface area contributed by atoms with E-state index in [1.807, 2.05) is 24.3 Å². The van der Waals surface area contributed by atoms with Crippen molar-refractivity contribution in [3.8, 4) is 0 Å². The molecule has 1 fully saturated rings. The number of thiazole rings is 1. The number of piperidine rings is 1. The largest absolute Gasteiger partial charge is 0.354 e. The van der Waals surface area contributed by atoms with Crippen LogP contribution in [0.25, 0.3) is 0 Å². The number of pyridine rings is 1. The van der Waals surface area contributed by atoms with Gasteiger partial charge < -0.3 is 4.90 Å². The predicted octanol–water partition coefficient (Wildman–Crippen LogP) is 2.66. The maximum atomic E-state index is 12.6. The molecule has 0 radical (unpaired) electrons. The van der Waals surface area contributed by atoms with Crippen molar-refractivity contribution in [2.45, 2.75) is 37.6 Å². The van der Waals surface area contributed by atoms with Gasteiger partial charge in [0.25, 0.3) is 0 Å². The summed E-state index contributed by atoms with van der Waals surface area (Å²) in [5, 5.41) is 3.07. The van der Waals surface area contributed by atoms with Crippen LogP contribution in [0.5, 0.6) is 0 Å². The third kappa shape index (κ3) is 3.76. The summed E-state index contributed by atoms with van der Waals surface area (Å²) in [6.45, 7) is 3.84. The normalized spacial score (nSPS) is 16.2. The molecule has 130 valence electrons. The molecule has 0 spiro atoms. The van der Waals surface area contributed by atoms with E-state index in [-0.39, 0.29) is 4.90 Å². The zero-order chi connectivity index (χ0) is 17.2. The zero-order valence-electron chi connectivity index (χ0n) is 14.0. The lowest BCUT2D eigenvalue weighted by Gasteiger charge is -2.26. The lowest BCUT2D eigenvalue weighted by molar-refractivity contribution is 0.346. The number of anilines is 1. The van der Waals surface area contributed by atoms with E-state index in [9.17, 15) is 8.42 Å². The van der Waals surface area contributed by atoms with Gasteiger partial charge in [0.05, 0.1) is 17.2 Å². The molecular weight excluding hydrogens is 344 g/mol. The fraction of sp³-hybridized carbons (Fsp3) is 0.500. The fourth-order valence-electron chi connectivity index (χ4n) is 2.81. The van der Waals surface area contributed by atoms with Gasteiger partial charge in [-0.3, -0.25) is 0 Å². The Morgan fingerprint density at radius 1 is 1.25 bits per heavy atom. The number of nitrogens with zero attached hydrogens (tertiary/aromatic N) is 4. The van der Waals surface area contributed by atoms with Gasteiger partial charge in [-0.15, -0.1) is 11.3 Å². The highest BCUT2D eigenvalue weighted by atomic mass is 32.2. The fourth-order valence-corrected chi connectivity index (χ4v) is 4.88. The average Bonchev–Trinajstić information content (AvgIpc) is 3.00. The second-order valence-electron chi connectivity index (χ2n) is 6.03. The van der Waals surface area contributed by atoms with Crippen LogP contribution in [0.4, 0.5) is 5.82 Å². The van der Waals surface area contributed by atoms with Gasteiger partial charge in [-0.2, -0.15) is 4.31 Å². The van der Waals surface area contributed by atoms with E-state index >= 15 is 0 Å². The summed E-state index contributed by atoms with van der Waals surface area (Å²) in [6.07, 6.45) is 4.42. The molecule has 0 amide bonds. The van der Waals surface area contributed by atoms with Crippen molar-refractivity contribution in [3.63, 3.8) is 0 Å². The molecule has 0 aromatic carbocycles. The first-order chi connectivity index (χ1) is 11.5. The molecule has 6 nitrogen and oxygen atoms in total. The topological polar surface area (TPSA) is 66.4 Å². The molecule has 1 aliphatic heterocycles. The second kappa shape index (κ2) is 7.16. The Labute approximate surface area is 147 Å². The van der Waals surface area contributed by atoms with Gasteiger partial charge in [-0.1, -0.05) is 6.42 Å². The molecule has 0 N–H and O–H groups in total. The van der Waals surface area contributed by atoms with Crippen molar-refractivity contribution in [2.75, 3.05) is 25.0 Å². The lowest BCUT2D eigenvalue weighted by Crippen LogP contribution is -2.35. The summed E-state index contributed by atoms with van der Waals surface area (Å²) in [7, 11) is -1.49. The van der Waals surface area contributed by atoms with Gasteiger partial charge >= 0.3 is 0 Å². The Bertz CT molecular complexity index is 781. The van der Waals surface area contributed by atoms with E-state index in [0.717, 1.165) is 35.8 Å². The molecule has 2 aromatic rings. The standard InChI is InChI=1S/C16H22N4O2S2/c1-13-18-14(12-23-13)11-19(2)16-7-6-15(10-17-16)24(21,22)20-8-4-3-5-9-20/h6-7,10,12H,3-5,8-9,11H2,1-2H3. The van der Waals surface area contributed by atoms with Crippen LogP contribution in [0.3, 0.4) is 0 Å². The summed E-state index contributed by atoms with van der Waals surface area (Å²) in [4.78, 5) is 11.0. The number of aromatic nitrogens is 2. The zero-order valence-corrected chi connectivity index (χ0v) is 15.6. The van der Waals surface area contributed by atoms with E-state index < -0.39 is 10.0 Å². The molecule has 0 bridgehead atoms. The molecular formula is C16H22N4O2S2. The average molecular weight is 367 g/mol. The predicted molar refractivity (Wildman–Crippen MR) is 95.8 cm³/mol.